The number of halogens is 2. The largest absolute Gasteiger partial charge is 0.374 e. The lowest BCUT2D eigenvalue weighted by molar-refractivity contribution is -0.121. The molecule has 24 heavy (non-hydrogen) atoms. The Kier molecular flexibility index (Phi) is 3.81. The van der Waals surface area contributed by atoms with Crippen molar-refractivity contribution in [2.45, 2.75) is 31.5 Å². The smallest absolute Gasteiger partial charge is 0.230 e. The van der Waals surface area contributed by atoms with Crippen LogP contribution in [0.4, 0.5) is 14.5 Å². The molecule has 1 N–H and O–H groups in total. The minimum absolute atomic E-state index is 0.0162. The van der Waals surface area contributed by atoms with Gasteiger partial charge in [-0.15, -0.1) is 0 Å². The number of nitrogens with one attached hydrogen (secondary N) is 1. The van der Waals surface area contributed by atoms with Crippen LogP contribution in [0.1, 0.15) is 19.3 Å². The Bertz CT molecular complexity index is 793. The maximum absolute atomic E-state index is 14.4. The summed E-state index contributed by atoms with van der Waals surface area (Å²) >= 11 is 0. The molecule has 3 atom stereocenters. The SMILES string of the molecule is O=C(Nc1ccc(-c2ccccc2F)c(F)c1)C1CC2CCC1O2. The van der Waals surface area contributed by atoms with Crippen LogP contribution < -0.4 is 5.32 Å². The summed E-state index contributed by atoms with van der Waals surface area (Å²) in [6.07, 6.45) is 2.82. The van der Waals surface area contributed by atoms with Gasteiger partial charge in [-0.1, -0.05) is 18.2 Å². The molecule has 2 bridgehead atoms. The van der Waals surface area contributed by atoms with E-state index in [-0.39, 0.29) is 35.2 Å². The number of carbonyl (C=O) groups is 1. The molecule has 0 saturated carbocycles. The van der Waals surface area contributed by atoms with Gasteiger partial charge in [0.15, 0.2) is 0 Å². The zero-order valence-electron chi connectivity index (χ0n) is 13.0. The van der Waals surface area contributed by atoms with Crippen LogP contribution in [0, 0.1) is 17.6 Å². The van der Waals surface area contributed by atoms with Crippen LogP contribution in [0.2, 0.25) is 0 Å². The summed E-state index contributed by atoms with van der Waals surface area (Å²) in [4.78, 5) is 12.4. The van der Waals surface area contributed by atoms with Crippen molar-refractivity contribution in [3.8, 4) is 11.1 Å². The maximum atomic E-state index is 14.4. The lowest BCUT2D eigenvalue weighted by Gasteiger charge is -2.18. The van der Waals surface area contributed by atoms with Crippen LogP contribution in [-0.2, 0) is 9.53 Å². The van der Waals surface area contributed by atoms with E-state index in [1.807, 2.05) is 0 Å². The van der Waals surface area contributed by atoms with Crippen molar-refractivity contribution in [3.05, 3.63) is 54.1 Å². The lowest BCUT2D eigenvalue weighted by Crippen LogP contribution is -2.30. The zero-order chi connectivity index (χ0) is 16.7. The molecule has 2 heterocycles. The zero-order valence-corrected chi connectivity index (χ0v) is 13.0. The third kappa shape index (κ3) is 2.69. The number of hydrogen-bond donors (Lipinski definition) is 1. The predicted molar refractivity (Wildman–Crippen MR) is 86.4 cm³/mol. The van der Waals surface area contributed by atoms with Gasteiger partial charge in [-0.05, 0) is 43.5 Å². The van der Waals surface area contributed by atoms with Crippen LogP contribution >= 0.6 is 0 Å². The number of anilines is 1. The molecule has 1 amide bonds. The lowest BCUT2D eigenvalue weighted by atomic mass is 9.88. The third-order valence-corrected chi connectivity index (χ3v) is 4.84. The van der Waals surface area contributed by atoms with Gasteiger partial charge in [-0.2, -0.15) is 0 Å². The number of rotatable bonds is 3. The minimum Gasteiger partial charge on any atom is -0.374 e. The van der Waals surface area contributed by atoms with E-state index in [0.29, 0.717) is 5.69 Å². The molecule has 2 aromatic rings. The Morgan fingerprint density at radius 1 is 1.04 bits per heavy atom. The van der Waals surface area contributed by atoms with E-state index in [1.165, 1.54) is 24.3 Å². The number of amides is 1. The van der Waals surface area contributed by atoms with Crippen LogP contribution in [0.5, 0.6) is 0 Å². The highest BCUT2D eigenvalue weighted by Crippen LogP contribution is 2.39. The van der Waals surface area contributed by atoms with E-state index in [9.17, 15) is 13.6 Å². The second kappa shape index (κ2) is 5.98. The number of ether oxygens (including phenoxy) is 1. The van der Waals surface area contributed by atoms with E-state index in [4.69, 9.17) is 4.74 Å². The molecule has 2 aliphatic rings. The predicted octanol–water partition coefficient (Wildman–Crippen LogP) is 4.14. The first kappa shape index (κ1) is 15.3. The van der Waals surface area contributed by atoms with Crippen molar-refractivity contribution in [3.63, 3.8) is 0 Å². The van der Waals surface area contributed by atoms with E-state index < -0.39 is 11.6 Å². The summed E-state index contributed by atoms with van der Waals surface area (Å²) in [7, 11) is 0. The quantitative estimate of drug-likeness (QED) is 0.919. The Morgan fingerprint density at radius 3 is 2.50 bits per heavy atom. The second-order valence-corrected chi connectivity index (χ2v) is 6.38. The number of hydrogen-bond acceptors (Lipinski definition) is 2. The van der Waals surface area contributed by atoms with Crippen LogP contribution in [-0.4, -0.2) is 18.1 Å². The average Bonchev–Trinajstić information content (AvgIpc) is 3.19. The standard InChI is InChI=1S/C19H17F2NO2/c20-16-4-2-1-3-13(16)14-7-5-11(9-17(14)21)22-19(23)15-10-12-6-8-18(15)24-12/h1-5,7,9,12,15,18H,6,8,10H2,(H,22,23). The van der Waals surface area contributed by atoms with Crippen LogP contribution in [0.15, 0.2) is 42.5 Å². The number of fused-ring (bicyclic) bond motifs is 2. The molecule has 4 rings (SSSR count). The van der Waals surface area contributed by atoms with Crippen LogP contribution in [0.25, 0.3) is 11.1 Å². The molecule has 2 aliphatic heterocycles. The molecule has 3 unspecified atom stereocenters. The summed E-state index contributed by atoms with van der Waals surface area (Å²) in [6, 6.07) is 10.3. The van der Waals surface area contributed by atoms with Crippen molar-refractivity contribution in [1.29, 1.82) is 0 Å². The van der Waals surface area contributed by atoms with Crippen molar-refractivity contribution >= 4 is 11.6 Å². The summed E-state index contributed by atoms with van der Waals surface area (Å²) in [5.74, 6) is -1.35. The molecule has 2 fully saturated rings. The highest BCUT2D eigenvalue weighted by atomic mass is 19.1. The molecule has 2 aromatic carbocycles. The number of benzene rings is 2. The molecule has 0 radical (unpaired) electrons. The average molecular weight is 329 g/mol. The first-order valence-corrected chi connectivity index (χ1v) is 8.12. The molecule has 3 nitrogen and oxygen atoms in total. The summed E-state index contributed by atoms with van der Waals surface area (Å²) < 4.78 is 33.8. The molecule has 5 heteroatoms. The van der Waals surface area contributed by atoms with Gasteiger partial charge in [-0.3, -0.25) is 4.79 Å². The highest BCUT2D eigenvalue weighted by molar-refractivity contribution is 5.93. The fourth-order valence-corrected chi connectivity index (χ4v) is 3.64. The topological polar surface area (TPSA) is 38.3 Å². The Balaban J connectivity index is 1.52. The molecule has 124 valence electrons. The maximum Gasteiger partial charge on any atom is 0.230 e. The van der Waals surface area contributed by atoms with Crippen molar-refractivity contribution in [2.75, 3.05) is 5.32 Å². The van der Waals surface area contributed by atoms with E-state index in [1.54, 1.807) is 18.2 Å². The van der Waals surface area contributed by atoms with Crippen molar-refractivity contribution < 1.29 is 18.3 Å². The molecular weight excluding hydrogens is 312 g/mol. The van der Waals surface area contributed by atoms with Crippen molar-refractivity contribution in [2.24, 2.45) is 5.92 Å². The van der Waals surface area contributed by atoms with Gasteiger partial charge < -0.3 is 10.1 Å². The van der Waals surface area contributed by atoms with Gasteiger partial charge in [-0.25, -0.2) is 8.78 Å². The molecular formula is C19H17F2NO2. The fourth-order valence-electron chi connectivity index (χ4n) is 3.64. The third-order valence-electron chi connectivity index (χ3n) is 4.84. The number of carbonyl (C=O) groups excluding carboxylic acids is 1. The first-order chi connectivity index (χ1) is 11.6. The van der Waals surface area contributed by atoms with E-state index in [2.05, 4.69) is 5.32 Å². The second-order valence-electron chi connectivity index (χ2n) is 6.38. The van der Waals surface area contributed by atoms with Crippen LogP contribution in [0.3, 0.4) is 0 Å². The van der Waals surface area contributed by atoms with E-state index >= 15 is 0 Å². The van der Waals surface area contributed by atoms with Gasteiger partial charge in [0.2, 0.25) is 5.91 Å². The summed E-state index contributed by atoms with van der Waals surface area (Å²) in [5.41, 5.74) is 0.754. The van der Waals surface area contributed by atoms with Gasteiger partial charge >= 0.3 is 0 Å². The molecule has 0 spiro atoms. The molecule has 0 aromatic heterocycles. The summed E-state index contributed by atoms with van der Waals surface area (Å²) in [6.45, 7) is 0. The Labute approximate surface area is 138 Å². The van der Waals surface area contributed by atoms with E-state index in [0.717, 1.165) is 19.3 Å². The van der Waals surface area contributed by atoms with Gasteiger partial charge in [0, 0.05) is 16.8 Å². The van der Waals surface area contributed by atoms with Gasteiger partial charge in [0.25, 0.3) is 0 Å². The van der Waals surface area contributed by atoms with Gasteiger partial charge in [0.05, 0.1) is 18.1 Å². The van der Waals surface area contributed by atoms with Crippen molar-refractivity contribution in [1.82, 2.24) is 0 Å². The fraction of sp³-hybridized carbons (Fsp3) is 0.316. The Hall–Kier alpha value is -2.27. The monoisotopic (exact) mass is 329 g/mol. The minimum atomic E-state index is -0.568. The first-order valence-electron chi connectivity index (χ1n) is 8.12. The van der Waals surface area contributed by atoms with Gasteiger partial charge in [0.1, 0.15) is 11.6 Å². The molecule has 2 saturated heterocycles. The normalized spacial score (nSPS) is 25.0. The molecule has 0 aliphatic carbocycles. The Morgan fingerprint density at radius 2 is 1.83 bits per heavy atom. The summed E-state index contributed by atoms with van der Waals surface area (Å²) in [5, 5.41) is 2.75. The highest BCUT2D eigenvalue weighted by Gasteiger charge is 2.44.